The normalized spacial score (nSPS) is 10.8. The fourth-order valence-corrected chi connectivity index (χ4v) is 7.46. The van der Waals surface area contributed by atoms with Gasteiger partial charge in [-0.15, -0.1) is 11.5 Å². The van der Waals surface area contributed by atoms with Gasteiger partial charge in [0.25, 0.3) is 0 Å². The number of carbonyl (C=O) groups is 4. The quantitative estimate of drug-likeness (QED) is 0.0201. The summed E-state index contributed by atoms with van der Waals surface area (Å²) >= 11 is 0. The summed E-state index contributed by atoms with van der Waals surface area (Å²) in [6.07, 6.45) is 14.7. The Bertz CT molecular complexity index is 3020. The van der Waals surface area contributed by atoms with Crippen molar-refractivity contribution >= 4 is 35.4 Å². The fourth-order valence-electron chi connectivity index (χ4n) is 7.46. The summed E-state index contributed by atoms with van der Waals surface area (Å²) in [5.74, 6) is 2.10. The van der Waals surface area contributed by atoms with E-state index >= 15 is 0 Å². The van der Waals surface area contributed by atoms with Gasteiger partial charge in [0.2, 0.25) is 11.8 Å². The van der Waals surface area contributed by atoms with Crippen molar-refractivity contribution in [1.82, 2.24) is 55.4 Å². The van der Waals surface area contributed by atoms with Crippen LogP contribution in [0.15, 0.2) is 157 Å². The molecule has 0 fully saturated rings. The molecule has 0 aliphatic heterocycles. The molecule has 5 aromatic heterocycles. The van der Waals surface area contributed by atoms with Crippen molar-refractivity contribution in [1.29, 1.82) is 0 Å². The number of hydrogen-bond donors (Lipinski definition) is 4. The molecule has 82 heavy (non-hydrogen) atoms. The molecule has 0 radical (unpaired) electrons. The van der Waals surface area contributed by atoms with Gasteiger partial charge in [0.15, 0.2) is 0 Å². The molecule has 0 spiro atoms. The highest BCUT2D eigenvalue weighted by atomic mass is 16.6. The Morgan fingerprint density at radius 1 is 0.585 bits per heavy atom. The van der Waals surface area contributed by atoms with Gasteiger partial charge < -0.3 is 30.7 Å². The Hall–Kier alpha value is -9.55. The Kier molecular flexibility index (Phi) is 26.1. The molecule has 5 heterocycles. The predicted molar refractivity (Wildman–Crippen MR) is 313 cm³/mol. The van der Waals surface area contributed by atoms with Gasteiger partial charge in [0.1, 0.15) is 24.3 Å². The maximum atomic E-state index is 12.7. The molecule has 0 aliphatic carbocycles. The second kappa shape index (κ2) is 33.8. The van der Waals surface area contributed by atoms with Gasteiger partial charge in [-0.05, 0) is 144 Å². The number of carbonyl (C=O) groups excluding carboxylic acids is 4. The molecule has 0 saturated heterocycles. The van der Waals surface area contributed by atoms with Crippen molar-refractivity contribution in [2.75, 3.05) is 36.8 Å². The Morgan fingerprint density at radius 3 is 1.37 bits per heavy atom. The molecular formula is C60H72N16O6. The molecular weight excluding hydrogens is 1040 g/mol. The zero-order chi connectivity index (χ0) is 59.0. The van der Waals surface area contributed by atoms with Gasteiger partial charge in [-0.2, -0.15) is 0 Å². The van der Waals surface area contributed by atoms with Crippen LogP contribution in [0.25, 0.3) is 10.4 Å². The van der Waals surface area contributed by atoms with Crippen molar-refractivity contribution < 1.29 is 28.7 Å². The first kappa shape index (κ1) is 63.3. The topological polar surface area (TPSA) is 272 Å². The lowest BCUT2D eigenvalue weighted by atomic mass is 10.1. The van der Waals surface area contributed by atoms with Crippen LogP contribution >= 0.6 is 0 Å². The van der Waals surface area contributed by atoms with Crippen molar-refractivity contribution in [3.05, 3.63) is 202 Å². The maximum Gasteiger partial charge on any atom is 0.407 e. The van der Waals surface area contributed by atoms with Gasteiger partial charge >= 0.3 is 12.2 Å². The summed E-state index contributed by atoms with van der Waals surface area (Å²) in [5.41, 5.74) is 15.1. The van der Waals surface area contributed by atoms with E-state index in [9.17, 15) is 19.2 Å². The number of benzene rings is 2. The molecule has 4 amide bonds. The summed E-state index contributed by atoms with van der Waals surface area (Å²) in [5, 5.41) is 22.5. The summed E-state index contributed by atoms with van der Waals surface area (Å²) in [7, 11) is 0. The number of rotatable bonds is 23. The summed E-state index contributed by atoms with van der Waals surface area (Å²) in [4.78, 5) is 71.7. The lowest BCUT2D eigenvalue weighted by Gasteiger charge is -2.20. The molecule has 0 unspecified atom stereocenters. The van der Waals surface area contributed by atoms with Gasteiger partial charge in [-0.25, -0.2) is 14.3 Å². The Balaban J connectivity index is 0.000000252. The van der Waals surface area contributed by atoms with E-state index in [2.05, 4.69) is 77.3 Å². The number of ether oxygens (including phenoxy) is 2. The predicted octanol–water partition coefficient (Wildman–Crippen LogP) is 9.09. The van der Waals surface area contributed by atoms with Gasteiger partial charge in [-0.3, -0.25) is 39.3 Å². The van der Waals surface area contributed by atoms with Crippen molar-refractivity contribution in [3.63, 3.8) is 0 Å². The van der Waals surface area contributed by atoms with E-state index in [1.165, 1.54) is 4.68 Å². The average molecular weight is 1110 g/mol. The van der Waals surface area contributed by atoms with Crippen LogP contribution in [0.3, 0.4) is 0 Å². The number of anilines is 2. The minimum Gasteiger partial charge on any atom is -0.444 e. The van der Waals surface area contributed by atoms with Crippen molar-refractivity contribution in [3.8, 4) is 12.3 Å². The van der Waals surface area contributed by atoms with Crippen molar-refractivity contribution in [2.24, 2.45) is 5.11 Å². The van der Waals surface area contributed by atoms with E-state index in [-0.39, 0.29) is 24.9 Å². The molecule has 428 valence electrons. The molecule has 22 nitrogen and oxygen atoms in total. The second-order valence-electron chi connectivity index (χ2n) is 20.4. The van der Waals surface area contributed by atoms with E-state index in [0.29, 0.717) is 63.5 Å². The highest BCUT2D eigenvalue weighted by Crippen LogP contribution is 2.15. The number of hydrogen-bond acceptors (Lipinski definition) is 15. The van der Waals surface area contributed by atoms with E-state index in [1.807, 2.05) is 151 Å². The molecule has 4 N–H and O–H groups in total. The zero-order valence-corrected chi connectivity index (χ0v) is 47.3. The number of aromatic nitrogens is 7. The third kappa shape index (κ3) is 26.9. The first-order valence-electron chi connectivity index (χ1n) is 26.5. The molecule has 0 bridgehead atoms. The molecule has 7 aromatic rings. The smallest absolute Gasteiger partial charge is 0.407 e. The largest absolute Gasteiger partial charge is 0.444 e. The zero-order valence-electron chi connectivity index (χ0n) is 47.3. The number of alkyl carbamates (subject to hydrolysis) is 2. The first-order valence-corrected chi connectivity index (χ1v) is 26.5. The minimum atomic E-state index is -0.530. The summed E-state index contributed by atoms with van der Waals surface area (Å²) < 4.78 is 11.9. The van der Waals surface area contributed by atoms with Crippen LogP contribution in [0.5, 0.6) is 0 Å². The molecule has 0 atom stereocenters. The van der Waals surface area contributed by atoms with Gasteiger partial charge in [-0.1, -0.05) is 64.8 Å². The number of azide groups is 1. The number of pyridine rings is 4. The van der Waals surface area contributed by atoms with Crippen LogP contribution in [-0.2, 0) is 71.2 Å². The SMILES string of the molecule is C#CCN(Cc1ccccn1)Cc1ccccn1.CC(C)(C)OC(=O)NCCc1ccc(NC(=O)CN=[N+]=[N-])cc1.CC(C)(C)OC(=O)NCCc1ccc(NC(=O)Cn2cc(CN(Cc3ccccn3)Cc3ccccn3)nn2)cc1. The van der Waals surface area contributed by atoms with Crippen LogP contribution in [-0.4, -0.2) is 106 Å². The number of nitrogens with zero attached hydrogens (tertiary/aromatic N) is 12. The molecule has 0 saturated carbocycles. The molecule has 2 aromatic carbocycles. The number of nitrogens with one attached hydrogen (secondary N) is 4. The van der Waals surface area contributed by atoms with Crippen LogP contribution in [0, 0.1) is 12.3 Å². The van der Waals surface area contributed by atoms with Crippen LogP contribution < -0.4 is 21.3 Å². The van der Waals surface area contributed by atoms with E-state index in [0.717, 1.165) is 52.7 Å². The monoisotopic (exact) mass is 1110 g/mol. The lowest BCUT2D eigenvalue weighted by molar-refractivity contribution is -0.117. The number of amides is 4. The van der Waals surface area contributed by atoms with Crippen LogP contribution in [0.4, 0.5) is 21.0 Å². The van der Waals surface area contributed by atoms with E-state index in [4.69, 9.17) is 21.4 Å². The van der Waals surface area contributed by atoms with Gasteiger partial charge in [0, 0.05) is 86.9 Å². The third-order valence-corrected chi connectivity index (χ3v) is 11.0. The Morgan fingerprint density at radius 2 is 0.988 bits per heavy atom. The van der Waals surface area contributed by atoms with Crippen LogP contribution in [0.2, 0.25) is 0 Å². The Labute approximate surface area is 479 Å². The first-order chi connectivity index (χ1) is 39.4. The maximum absolute atomic E-state index is 12.7. The van der Waals surface area contributed by atoms with E-state index < -0.39 is 23.4 Å². The highest BCUT2D eigenvalue weighted by Gasteiger charge is 2.18. The average Bonchev–Trinajstić information content (AvgIpc) is 3.89. The summed E-state index contributed by atoms with van der Waals surface area (Å²) in [6.45, 7) is 15.4. The molecule has 7 rings (SSSR count). The number of terminal acetylenes is 1. The summed E-state index contributed by atoms with van der Waals surface area (Å²) in [6, 6.07) is 38.2. The third-order valence-electron chi connectivity index (χ3n) is 11.0. The minimum absolute atomic E-state index is 0.0367. The highest BCUT2D eigenvalue weighted by molar-refractivity contribution is 5.92. The molecule has 0 aliphatic rings. The van der Waals surface area contributed by atoms with Crippen LogP contribution in [0.1, 0.15) is 81.1 Å². The molecule has 22 heteroatoms. The fraction of sp³-hybridized carbons (Fsp3) is 0.333. The lowest BCUT2D eigenvalue weighted by Crippen LogP contribution is -2.33. The second-order valence-corrected chi connectivity index (χ2v) is 20.4. The standard InChI is InChI=1S/C30H36N8O3.C15H21N5O3.C15H15N3/c1-30(2,3)41-29(40)33-17-14-23-10-12-24(13-11-23)34-28(39)22-38-21-27(35-36-38)20-37(18-25-8-4-6-15-31-25)19-26-9-5-7-16-32-26;1-15(2,3)23-14(22)17-9-8-11-4-6-12(7-5-11)19-13(21)10-18-20-16;1-2-11-18(12-14-7-3-5-9-16-14)13-15-8-4-6-10-17-15/h4-13,15-16,21H,14,17-20,22H2,1-3H3,(H,33,40)(H,34,39);4-7H,8-10H2,1-3H3,(H,17,22)(H,19,21);1,3-10H,11-13H2. The van der Waals surface area contributed by atoms with Gasteiger partial charge in [0.05, 0.1) is 41.2 Å². The van der Waals surface area contributed by atoms with Crippen molar-refractivity contribution in [2.45, 2.75) is 105 Å². The van der Waals surface area contributed by atoms with E-state index in [1.54, 1.807) is 43.1 Å².